The molecule has 0 N–H and O–H groups in total. The second-order valence-electron chi connectivity index (χ2n) is 6.09. The molecule has 0 bridgehead atoms. The minimum Gasteiger partial charge on any atom is -0.0925 e. The number of hydrogen-bond acceptors (Lipinski definition) is 0. The highest BCUT2D eigenvalue weighted by Gasteiger charge is 2.00. The van der Waals surface area contributed by atoms with E-state index in [2.05, 4.69) is 75.2 Å². The topological polar surface area (TPSA) is 0 Å². The largest absolute Gasteiger partial charge is 0.0925 e. The summed E-state index contributed by atoms with van der Waals surface area (Å²) in [5.41, 5.74) is 0. The molecule has 2 heteroatoms. The molecule has 0 saturated carbocycles. The second-order valence-corrected chi connectivity index (χ2v) is 8.18. The average Bonchev–Trinajstić information content (AvgIpc) is 2.56. The van der Waals surface area contributed by atoms with Crippen LogP contribution in [0, 0.1) is 0 Å². The Hall–Kier alpha value is 0.180. The highest BCUT2D eigenvalue weighted by molar-refractivity contribution is 9.09. The van der Waals surface area contributed by atoms with Gasteiger partial charge in [0.1, 0.15) is 0 Å². The van der Waals surface area contributed by atoms with Crippen molar-refractivity contribution < 1.29 is 0 Å². The number of unbranched alkanes of at least 4 members (excludes halogenated alkanes) is 6. The number of halogens is 2. The van der Waals surface area contributed by atoms with Crippen LogP contribution in [-0.2, 0) is 0 Å². The molecule has 0 aliphatic rings. The molecule has 0 fully saturated rings. The van der Waals surface area contributed by atoms with Gasteiger partial charge in [0, 0.05) is 10.2 Å². The van der Waals surface area contributed by atoms with Crippen LogP contribution < -0.4 is 0 Å². The summed E-state index contributed by atoms with van der Waals surface area (Å²) in [7, 11) is 0. The second kappa shape index (κ2) is 20.2. The Kier molecular flexibility index (Phi) is 20.4. The number of allylic oxidation sites excluding steroid dienone is 6. The summed E-state index contributed by atoms with van der Waals surface area (Å²) in [5.74, 6) is 0. The van der Waals surface area contributed by atoms with Gasteiger partial charge < -0.3 is 0 Å². The Bertz CT molecular complexity index is 305. The Morgan fingerprint density at radius 3 is 2.13 bits per heavy atom. The van der Waals surface area contributed by atoms with E-state index in [1.54, 1.807) is 0 Å². The summed E-state index contributed by atoms with van der Waals surface area (Å²) < 4.78 is 0. The van der Waals surface area contributed by atoms with Crippen LogP contribution in [0.2, 0.25) is 0 Å². The lowest BCUT2D eigenvalue weighted by Gasteiger charge is -2.05. The third-order valence-corrected chi connectivity index (χ3v) is 5.09. The maximum atomic E-state index is 3.80. The van der Waals surface area contributed by atoms with Crippen molar-refractivity contribution in [2.24, 2.45) is 0 Å². The first kappa shape index (κ1) is 23.2. The molecule has 0 rings (SSSR count). The lowest BCUT2D eigenvalue weighted by molar-refractivity contribution is 0.636. The summed E-state index contributed by atoms with van der Waals surface area (Å²) in [6, 6.07) is 0. The van der Waals surface area contributed by atoms with E-state index >= 15 is 0 Å². The van der Waals surface area contributed by atoms with E-state index in [9.17, 15) is 0 Å². The van der Waals surface area contributed by atoms with E-state index in [-0.39, 0.29) is 0 Å². The van der Waals surface area contributed by atoms with Crippen molar-refractivity contribution in [2.45, 2.75) is 88.8 Å². The van der Waals surface area contributed by atoms with Crippen molar-refractivity contribution in [3.8, 4) is 0 Å². The predicted octanol–water partition coefficient (Wildman–Crippen LogP) is 8.51. The molecule has 1 atom stereocenters. The number of rotatable bonds is 16. The number of hydrogen-bond donors (Lipinski definition) is 0. The van der Waals surface area contributed by atoms with Gasteiger partial charge in [0.25, 0.3) is 0 Å². The molecule has 0 aliphatic carbocycles. The van der Waals surface area contributed by atoms with Crippen LogP contribution in [0.4, 0.5) is 0 Å². The quantitative estimate of drug-likeness (QED) is 0.126. The van der Waals surface area contributed by atoms with Crippen molar-refractivity contribution in [3.63, 3.8) is 0 Å². The maximum Gasteiger partial charge on any atom is 0.0180 e. The summed E-state index contributed by atoms with van der Waals surface area (Å²) in [6.45, 7) is 2.27. The number of alkyl halides is 2. The van der Waals surface area contributed by atoms with Gasteiger partial charge in [-0.25, -0.2) is 0 Å². The van der Waals surface area contributed by atoms with E-state index in [4.69, 9.17) is 0 Å². The minimum absolute atomic E-state index is 0.645. The van der Waals surface area contributed by atoms with Gasteiger partial charge in [-0.2, -0.15) is 0 Å². The Balaban J connectivity index is 3.39. The molecule has 0 heterocycles. The maximum absolute atomic E-state index is 3.80. The first-order valence-corrected chi connectivity index (χ1v) is 11.5. The molecular weight excluding hydrogens is 412 g/mol. The molecule has 0 aromatic rings. The molecule has 0 saturated heterocycles. The molecule has 134 valence electrons. The van der Waals surface area contributed by atoms with Crippen LogP contribution in [0.3, 0.4) is 0 Å². The molecule has 0 nitrogen and oxygen atoms in total. The Labute approximate surface area is 162 Å². The van der Waals surface area contributed by atoms with Gasteiger partial charge in [0.05, 0.1) is 0 Å². The SMILES string of the molecule is CCCCCCC/C=C\CC(Br)CCCC=CCC=CCCBr. The van der Waals surface area contributed by atoms with Crippen LogP contribution in [0.15, 0.2) is 36.5 Å². The van der Waals surface area contributed by atoms with Gasteiger partial charge in [0.2, 0.25) is 0 Å². The molecule has 0 spiro atoms. The zero-order valence-electron chi connectivity index (χ0n) is 15.0. The predicted molar refractivity (Wildman–Crippen MR) is 115 cm³/mol. The first-order chi connectivity index (χ1) is 11.3. The third kappa shape index (κ3) is 20.1. The van der Waals surface area contributed by atoms with Gasteiger partial charge in [-0.15, -0.1) is 0 Å². The highest BCUT2D eigenvalue weighted by Crippen LogP contribution is 2.15. The monoisotopic (exact) mass is 446 g/mol. The van der Waals surface area contributed by atoms with Crippen molar-refractivity contribution in [2.75, 3.05) is 5.33 Å². The van der Waals surface area contributed by atoms with E-state index in [0.717, 1.165) is 18.2 Å². The molecule has 0 radical (unpaired) electrons. The Morgan fingerprint density at radius 1 is 0.739 bits per heavy atom. The molecular formula is C21H36Br2. The van der Waals surface area contributed by atoms with Crippen molar-refractivity contribution >= 4 is 31.9 Å². The molecule has 0 aromatic carbocycles. The fourth-order valence-electron chi connectivity index (χ4n) is 2.37. The summed E-state index contributed by atoms with van der Waals surface area (Å²) >= 11 is 7.23. The van der Waals surface area contributed by atoms with Gasteiger partial charge >= 0.3 is 0 Å². The van der Waals surface area contributed by atoms with Crippen LogP contribution in [-0.4, -0.2) is 10.2 Å². The van der Waals surface area contributed by atoms with Crippen LogP contribution in [0.25, 0.3) is 0 Å². The molecule has 0 amide bonds. The van der Waals surface area contributed by atoms with Crippen LogP contribution in [0.1, 0.15) is 84.0 Å². The van der Waals surface area contributed by atoms with Gasteiger partial charge in [-0.05, 0) is 51.4 Å². The van der Waals surface area contributed by atoms with Crippen LogP contribution in [0.5, 0.6) is 0 Å². The average molecular weight is 448 g/mol. The zero-order valence-corrected chi connectivity index (χ0v) is 18.2. The van der Waals surface area contributed by atoms with Gasteiger partial charge in [-0.3, -0.25) is 0 Å². The summed E-state index contributed by atoms with van der Waals surface area (Å²) in [6.07, 6.45) is 29.1. The lowest BCUT2D eigenvalue weighted by Crippen LogP contribution is -1.94. The van der Waals surface area contributed by atoms with Crippen LogP contribution >= 0.6 is 31.9 Å². The summed E-state index contributed by atoms with van der Waals surface area (Å²) in [5, 5.41) is 1.06. The smallest absolute Gasteiger partial charge is 0.0180 e. The summed E-state index contributed by atoms with van der Waals surface area (Å²) in [4.78, 5) is 0.645. The molecule has 0 aromatic heterocycles. The van der Waals surface area contributed by atoms with E-state index < -0.39 is 0 Å². The van der Waals surface area contributed by atoms with Crippen molar-refractivity contribution in [1.29, 1.82) is 0 Å². The first-order valence-electron chi connectivity index (χ1n) is 9.46. The highest BCUT2D eigenvalue weighted by atomic mass is 79.9. The normalized spacial score (nSPS) is 13.7. The van der Waals surface area contributed by atoms with E-state index in [1.165, 1.54) is 64.2 Å². The minimum atomic E-state index is 0.645. The van der Waals surface area contributed by atoms with Crippen molar-refractivity contribution in [1.82, 2.24) is 0 Å². The molecule has 1 unspecified atom stereocenters. The lowest BCUT2D eigenvalue weighted by atomic mass is 10.1. The van der Waals surface area contributed by atoms with Gasteiger partial charge in [-0.1, -0.05) is 101 Å². The Morgan fingerprint density at radius 2 is 1.39 bits per heavy atom. The van der Waals surface area contributed by atoms with E-state index in [1.807, 2.05) is 0 Å². The molecule has 0 aliphatic heterocycles. The third-order valence-electron chi connectivity index (χ3n) is 3.80. The standard InChI is InChI=1S/C21H36Br2/c1-2-3-4-5-6-9-12-15-18-21(23)19-16-13-10-7-8-11-14-17-20-22/h7,10-12,14-15,21H,2-6,8-9,13,16-20H2,1H3/b10-7?,14-11?,15-12-. The zero-order chi connectivity index (χ0) is 17.0. The van der Waals surface area contributed by atoms with Gasteiger partial charge in [0.15, 0.2) is 0 Å². The fourth-order valence-corrected chi connectivity index (χ4v) is 3.18. The molecule has 23 heavy (non-hydrogen) atoms. The van der Waals surface area contributed by atoms with Crippen molar-refractivity contribution in [3.05, 3.63) is 36.5 Å². The fraction of sp³-hybridized carbons (Fsp3) is 0.714. The van der Waals surface area contributed by atoms with E-state index in [0.29, 0.717) is 4.83 Å².